The van der Waals surface area contributed by atoms with E-state index in [4.69, 9.17) is 5.11 Å². The van der Waals surface area contributed by atoms with Crippen molar-refractivity contribution in [3.05, 3.63) is 35.9 Å². The fraction of sp³-hybridized carbons (Fsp3) is 0.429. The molecule has 0 bridgehead atoms. The van der Waals surface area contributed by atoms with Gasteiger partial charge in [0.05, 0.1) is 12.6 Å². The standard InChI is InChI=1S/C14H14F4N2O3/c15-9-6-20(13(23)11(21)14(16,17)18)7-10(9)19-12(22)8-4-2-1-3-5-8/h1-5,9-11,21H,6-7H2,(H,19,22)/t9-,10+,11+/m0/s1. The van der Waals surface area contributed by atoms with Crippen molar-refractivity contribution in [2.45, 2.75) is 24.5 Å². The zero-order valence-electron chi connectivity index (χ0n) is 11.8. The highest BCUT2D eigenvalue weighted by molar-refractivity contribution is 5.94. The summed E-state index contributed by atoms with van der Waals surface area (Å²) in [6, 6.07) is 6.75. The molecule has 1 saturated heterocycles. The number of hydrogen-bond donors (Lipinski definition) is 2. The molecule has 1 fully saturated rings. The number of likely N-dealkylation sites (tertiary alicyclic amines) is 1. The smallest absolute Gasteiger partial charge is 0.376 e. The Balaban J connectivity index is 1.99. The van der Waals surface area contributed by atoms with Gasteiger partial charge < -0.3 is 15.3 Å². The minimum atomic E-state index is -5.12. The minimum absolute atomic E-state index is 0.264. The van der Waals surface area contributed by atoms with Gasteiger partial charge in [0.15, 0.2) is 0 Å². The van der Waals surface area contributed by atoms with Crippen LogP contribution in [0.25, 0.3) is 0 Å². The molecule has 5 nitrogen and oxygen atoms in total. The molecule has 2 N–H and O–H groups in total. The number of benzene rings is 1. The maximum Gasteiger partial charge on any atom is 0.423 e. The molecule has 1 aromatic carbocycles. The van der Waals surface area contributed by atoms with E-state index in [1.54, 1.807) is 18.2 Å². The Bertz CT molecular complexity index is 579. The Kier molecular flexibility index (Phi) is 4.88. The first-order chi connectivity index (χ1) is 10.7. The van der Waals surface area contributed by atoms with E-state index in [-0.39, 0.29) is 5.56 Å². The lowest BCUT2D eigenvalue weighted by molar-refractivity contribution is -0.210. The third-order valence-corrected chi connectivity index (χ3v) is 3.46. The SMILES string of the molecule is O=C(N[C@@H]1CN(C(=O)[C@@H](O)C(F)(F)F)C[C@@H]1F)c1ccccc1. The predicted octanol–water partition coefficient (Wildman–Crippen LogP) is 0.889. The molecule has 9 heteroatoms. The fourth-order valence-electron chi connectivity index (χ4n) is 2.23. The second-order valence-corrected chi connectivity index (χ2v) is 5.15. The molecule has 3 atom stereocenters. The summed E-state index contributed by atoms with van der Waals surface area (Å²) in [6.07, 6.45) is -10.0. The van der Waals surface area contributed by atoms with Gasteiger partial charge in [-0.25, -0.2) is 4.39 Å². The molecule has 1 aromatic rings. The van der Waals surface area contributed by atoms with E-state index in [1.807, 2.05) is 0 Å². The molecule has 0 aliphatic carbocycles. The molecule has 23 heavy (non-hydrogen) atoms. The Labute approximate surface area is 128 Å². The first-order valence-electron chi connectivity index (χ1n) is 6.73. The zero-order valence-corrected chi connectivity index (χ0v) is 11.8. The Morgan fingerprint density at radius 2 is 1.83 bits per heavy atom. The molecule has 0 spiro atoms. The Morgan fingerprint density at radius 3 is 2.39 bits per heavy atom. The predicted molar refractivity (Wildman–Crippen MR) is 71.2 cm³/mol. The molecule has 0 radical (unpaired) electrons. The van der Waals surface area contributed by atoms with Crippen LogP contribution in [0.2, 0.25) is 0 Å². The monoisotopic (exact) mass is 334 g/mol. The van der Waals surface area contributed by atoms with E-state index in [0.29, 0.717) is 4.90 Å². The highest BCUT2D eigenvalue weighted by Crippen LogP contribution is 2.24. The average Bonchev–Trinajstić information content (AvgIpc) is 2.86. The van der Waals surface area contributed by atoms with Crippen molar-refractivity contribution in [2.75, 3.05) is 13.1 Å². The van der Waals surface area contributed by atoms with Gasteiger partial charge in [-0.15, -0.1) is 0 Å². The number of nitrogens with one attached hydrogen (secondary N) is 1. The second-order valence-electron chi connectivity index (χ2n) is 5.15. The van der Waals surface area contributed by atoms with Gasteiger partial charge in [-0.3, -0.25) is 9.59 Å². The summed E-state index contributed by atoms with van der Waals surface area (Å²) in [4.78, 5) is 24.0. The van der Waals surface area contributed by atoms with Crippen LogP contribution in [0.1, 0.15) is 10.4 Å². The maximum atomic E-state index is 13.9. The molecular weight excluding hydrogens is 320 g/mol. The van der Waals surface area contributed by atoms with E-state index < -0.39 is 49.4 Å². The molecule has 1 aliphatic rings. The van der Waals surface area contributed by atoms with Crippen LogP contribution in [0.5, 0.6) is 0 Å². The molecule has 2 rings (SSSR count). The van der Waals surface area contributed by atoms with Crippen LogP contribution in [0.4, 0.5) is 17.6 Å². The molecule has 2 amide bonds. The quantitative estimate of drug-likeness (QED) is 0.807. The van der Waals surface area contributed by atoms with Crippen molar-refractivity contribution in [3.8, 4) is 0 Å². The van der Waals surface area contributed by atoms with Gasteiger partial charge in [0.1, 0.15) is 6.17 Å². The number of carbonyl (C=O) groups excluding carboxylic acids is 2. The van der Waals surface area contributed by atoms with Crippen molar-refractivity contribution >= 4 is 11.8 Å². The summed E-state index contributed by atoms with van der Waals surface area (Å²) in [7, 11) is 0. The van der Waals surface area contributed by atoms with Crippen molar-refractivity contribution in [1.29, 1.82) is 0 Å². The maximum absolute atomic E-state index is 13.9. The van der Waals surface area contributed by atoms with Gasteiger partial charge in [-0.2, -0.15) is 13.2 Å². The van der Waals surface area contributed by atoms with Gasteiger partial charge in [-0.1, -0.05) is 18.2 Å². The number of aliphatic hydroxyl groups is 1. The molecular formula is C14H14F4N2O3. The summed E-state index contributed by atoms with van der Waals surface area (Å²) in [6.45, 7) is -1.06. The number of nitrogens with zero attached hydrogens (tertiary/aromatic N) is 1. The molecule has 0 saturated carbocycles. The third kappa shape index (κ3) is 3.98. The Hall–Kier alpha value is -2.16. The lowest BCUT2D eigenvalue weighted by Gasteiger charge is -2.21. The van der Waals surface area contributed by atoms with Crippen molar-refractivity contribution in [1.82, 2.24) is 10.2 Å². The van der Waals surface area contributed by atoms with E-state index in [2.05, 4.69) is 5.32 Å². The normalized spacial score (nSPS) is 22.7. The van der Waals surface area contributed by atoms with Crippen molar-refractivity contribution < 1.29 is 32.3 Å². The van der Waals surface area contributed by atoms with Crippen LogP contribution in [-0.2, 0) is 4.79 Å². The number of alkyl halides is 4. The van der Waals surface area contributed by atoms with Crippen LogP contribution in [0, 0.1) is 0 Å². The van der Waals surface area contributed by atoms with Crippen LogP contribution in [0.3, 0.4) is 0 Å². The summed E-state index contributed by atoms with van der Waals surface area (Å²) in [5.41, 5.74) is 0.264. The van der Waals surface area contributed by atoms with Crippen molar-refractivity contribution in [2.24, 2.45) is 0 Å². The molecule has 0 aromatic heterocycles. The second kappa shape index (κ2) is 6.53. The lowest BCUT2D eigenvalue weighted by Crippen LogP contribution is -2.47. The van der Waals surface area contributed by atoms with Gasteiger partial charge in [0, 0.05) is 12.1 Å². The largest absolute Gasteiger partial charge is 0.423 e. The topological polar surface area (TPSA) is 69.6 Å². The van der Waals surface area contributed by atoms with E-state index in [9.17, 15) is 27.2 Å². The molecule has 0 unspecified atom stereocenters. The van der Waals surface area contributed by atoms with Gasteiger partial charge >= 0.3 is 6.18 Å². The van der Waals surface area contributed by atoms with E-state index in [0.717, 1.165) is 0 Å². The number of aliphatic hydroxyl groups excluding tert-OH is 1. The highest BCUT2D eigenvalue weighted by Gasteiger charge is 2.48. The van der Waals surface area contributed by atoms with Crippen LogP contribution in [0.15, 0.2) is 30.3 Å². The Morgan fingerprint density at radius 1 is 1.22 bits per heavy atom. The zero-order chi connectivity index (χ0) is 17.2. The fourth-order valence-corrected chi connectivity index (χ4v) is 2.23. The van der Waals surface area contributed by atoms with Gasteiger partial charge in [0.2, 0.25) is 6.10 Å². The third-order valence-electron chi connectivity index (χ3n) is 3.46. The van der Waals surface area contributed by atoms with Crippen LogP contribution in [-0.4, -0.2) is 59.4 Å². The highest BCUT2D eigenvalue weighted by atomic mass is 19.4. The first-order valence-corrected chi connectivity index (χ1v) is 6.73. The van der Waals surface area contributed by atoms with Gasteiger partial charge in [0.25, 0.3) is 11.8 Å². The lowest BCUT2D eigenvalue weighted by atomic mass is 10.2. The van der Waals surface area contributed by atoms with E-state index >= 15 is 0 Å². The first kappa shape index (κ1) is 17.2. The molecule has 1 aliphatic heterocycles. The minimum Gasteiger partial charge on any atom is -0.376 e. The van der Waals surface area contributed by atoms with Gasteiger partial charge in [-0.05, 0) is 12.1 Å². The number of rotatable bonds is 3. The number of halogens is 4. The van der Waals surface area contributed by atoms with Crippen LogP contribution < -0.4 is 5.32 Å². The number of carbonyl (C=O) groups is 2. The summed E-state index contributed by atoms with van der Waals surface area (Å²) in [5.74, 6) is -2.22. The molecule has 126 valence electrons. The van der Waals surface area contributed by atoms with Crippen LogP contribution >= 0.6 is 0 Å². The van der Waals surface area contributed by atoms with E-state index in [1.165, 1.54) is 12.1 Å². The molecule has 1 heterocycles. The van der Waals surface area contributed by atoms with Crippen molar-refractivity contribution in [3.63, 3.8) is 0 Å². The number of hydrogen-bond acceptors (Lipinski definition) is 3. The summed E-state index contributed by atoms with van der Waals surface area (Å²) < 4.78 is 50.8. The summed E-state index contributed by atoms with van der Waals surface area (Å²) in [5, 5.41) is 11.3. The number of amides is 2. The average molecular weight is 334 g/mol. The summed E-state index contributed by atoms with van der Waals surface area (Å²) >= 11 is 0.